The van der Waals surface area contributed by atoms with Gasteiger partial charge in [0.1, 0.15) is 0 Å². The summed E-state index contributed by atoms with van der Waals surface area (Å²) < 4.78 is 0. The second-order valence-electron chi connectivity index (χ2n) is 6.17. The Kier molecular flexibility index (Phi) is 7.67. The monoisotopic (exact) mass is 298 g/mol. The summed E-state index contributed by atoms with van der Waals surface area (Å²) >= 11 is 0. The van der Waals surface area contributed by atoms with Gasteiger partial charge in [-0.1, -0.05) is 20.8 Å². The molecule has 0 bridgehead atoms. The molecule has 1 saturated heterocycles. The third-order valence-electron chi connectivity index (χ3n) is 4.19. The predicted octanol–water partition coefficient (Wildman–Crippen LogP) is -0.0660. The summed E-state index contributed by atoms with van der Waals surface area (Å²) in [5.41, 5.74) is 5.71. The first-order valence-electron chi connectivity index (χ1n) is 7.96. The summed E-state index contributed by atoms with van der Waals surface area (Å²) in [7, 11) is 0. The van der Waals surface area contributed by atoms with Gasteiger partial charge in [-0.15, -0.1) is 0 Å². The van der Waals surface area contributed by atoms with Gasteiger partial charge in [-0.3, -0.25) is 9.59 Å². The number of likely N-dealkylation sites (tertiary alicyclic amines) is 1. The summed E-state index contributed by atoms with van der Waals surface area (Å²) in [4.78, 5) is 25.8. The Morgan fingerprint density at radius 1 is 1.24 bits per heavy atom. The summed E-state index contributed by atoms with van der Waals surface area (Å²) in [5, 5.41) is 5.48. The lowest BCUT2D eigenvalue weighted by Gasteiger charge is -2.31. The topological polar surface area (TPSA) is 87.5 Å². The summed E-state index contributed by atoms with van der Waals surface area (Å²) in [6, 6.07) is -0.559. The first-order valence-corrected chi connectivity index (χ1v) is 7.96. The van der Waals surface area contributed by atoms with E-state index in [2.05, 4.69) is 22.5 Å². The van der Waals surface area contributed by atoms with Crippen molar-refractivity contribution in [2.24, 2.45) is 17.6 Å². The van der Waals surface area contributed by atoms with Crippen molar-refractivity contribution < 1.29 is 9.59 Å². The van der Waals surface area contributed by atoms with Crippen LogP contribution in [0.5, 0.6) is 0 Å². The van der Waals surface area contributed by atoms with E-state index in [1.807, 2.05) is 13.8 Å². The van der Waals surface area contributed by atoms with Gasteiger partial charge in [0.2, 0.25) is 11.8 Å². The van der Waals surface area contributed by atoms with Crippen LogP contribution in [0.1, 0.15) is 33.6 Å². The molecular formula is C15H30N4O2. The molecule has 0 aromatic carbocycles. The van der Waals surface area contributed by atoms with Crippen LogP contribution in [0.15, 0.2) is 0 Å². The maximum absolute atomic E-state index is 11.7. The minimum absolute atomic E-state index is 0.00700. The number of piperidine rings is 1. The lowest BCUT2D eigenvalue weighted by Crippen LogP contribution is -2.47. The van der Waals surface area contributed by atoms with Crippen LogP contribution >= 0.6 is 0 Å². The lowest BCUT2D eigenvalue weighted by molar-refractivity contribution is -0.127. The van der Waals surface area contributed by atoms with Crippen LogP contribution in [-0.2, 0) is 9.59 Å². The molecule has 1 rings (SSSR count). The molecule has 0 aromatic heterocycles. The van der Waals surface area contributed by atoms with Gasteiger partial charge < -0.3 is 21.3 Å². The first-order chi connectivity index (χ1) is 9.93. The summed E-state index contributed by atoms with van der Waals surface area (Å²) in [6.45, 7) is 9.96. The van der Waals surface area contributed by atoms with Gasteiger partial charge in [0.15, 0.2) is 0 Å². The summed E-state index contributed by atoms with van der Waals surface area (Å²) in [6.07, 6.45) is 2.25. The number of nitrogens with two attached hydrogens (primary N) is 1. The van der Waals surface area contributed by atoms with Crippen LogP contribution in [0.3, 0.4) is 0 Å². The van der Waals surface area contributed by atoms with Gasteiger partial charge in [0.25, 0.3) is 0 Å². The van der Waals surface area contributed by atoms with Crippen molar-refractivity contribution in [1.29, 1.82) is 0 Å². The molecule has 0 radical (unpaired) electrons. The molecular weight excluding hydrogens is 268 g/mol. The molecule has 0 aliphatic carbocycles. The van der Waals surface area contributed by atoms with Crippen molar-refractivity contribution in [3.8, 4) is 0 Å². The van der Waals surface area contributed by atoms with E-state index in [4.69, 9.17) is 5.73 Å². The molecule has 2 amide bonds. The fourth-order valence-corrected chi connectivity index (χ4v) is 2.42. The van der Waals surface area contributed by atoms with Crippen molar-refractivity contribution in [1.82, 2.24) is 15.5 Å². The SMILES string of the molecule is CCN1CCC(CNC(=O)CNC(=O)[C@@H](N)C(C)C)CC1. The molecule has 1 fully saturated rings. The third kappa shape index (κ3) is 6.44. The first kappa shape index (κ1) is 17.9. The zero-order chi connectivity index (χ0) is 15.8. The number of amides is 2. The molecule has 1 aliphatic heterocycles. The van der Waals surface area contributed by atoms with E-state index < -0.39 is 6.04 Å². The Balaban J connectivity index is 2.16. The van der Waals surface area contributed by atoms with E-state index in [9.17, 15) is 9.59 Å². The van der Waals surface area contributed by atoms with Gasteiger partial charge in [-0.05, 0) is 44.3 Å². The maximum atomic E-state index is 11.7. The quantitative estimate of drug-likeness (QED) is 0.614. The van der Waals surface area contributed by atoms with Crippen molar-refractivity contribution in [2.75, 3.05) is 32.7 Å². The number of carbonyl (C=O) groups is 2. The molecule has 122 valence electrons. The fraction of sp³-hybridized carbons (Fsp3) is 0.867. The van der Waals surface area contributed by atoms with Gasteiger partial charge in [-0.2, -0.15) is 0 Å². The Hall–Kier alpha value is -1.14. The van der Waals surface area contributed by atoms with Crippen molar-refractivity contribution in [3.05, 3.63) is 0 Å². The van der Waals surface area contributed by atoms with E-state index in [1.54, 1.807) is 0 Å². The van der Waals surface area contributed by atoms with Crippen molar-refractivity contribution >= 4 is 11.8 Å². The van der Waals surface area contributed by atoms with Gasteiger partial charge in [-0.25, -0.2) is 0 Å². The molecule has 6 heteroatoms. The number of nitrogens with one attached hydrogen (secondary N) is 2. The summed E-state index contributed by atoms with van der Waals surface area (Å²) in [5.74, 6) is 0.204. The molecule has 0 aromatic rings. The van der Waals surface area contributed by atoms with Crippen LogP contribution < -0.4 is 16.4 Å². The largest absolute Gasteiger partial charge is 0.354 e. The second kappa shape index (κ2) is 9.00. The van der Waals surface area contributed by atoms with Crippen LogP contribution in [-0.4, -0.2) is 55.5 Å². The lowest BCUT2D eigenvalue weighted by atomic mass is 9.97. The van der Waals surface area contributed by atoms with E-state index in [-0.39, 0.29) is 24.3 Å². The molecule has 0 spiro atoms. The smallest absolute Gasteiger partial charge is 0.239 e. The van der Waals surface area contributed by atoms with Crippen LogP contribution in [0, 0.1) is 11.8 Å². The minimum Gasteiger partial charge on any atom is -0.354 e. The van der Waals surface area contributed by atoms with E-state index >= 15 is 0 Å². The molecule has 1 heterocycles. The average Bonchev–Trinajstić information content (AvgIpc) is 2.50. The maximum Gasteiger partial charge on any atom is 0.239 e. The van der Waals surface area contributed by atoms with E-state index in [0.717, 1.165) is 32.5 Å². The number of nitrogens with zero attached hydrogens (tertiary/aromatic N) is 1. The van der Waals surface area contributed by atoms with Crippen molar-refractivity contribution in [2.45, 2.75) is 39.7 Å². The minimum atomic E-state index is -0.559. The predicted molar refractivity (Wildman–Crippen MR) is 83.7 cm³/mol. The third-order valence-corrected chi connectivity index (χ3v) is 4.19. The molecule has 0 saturated carbocycles. The van der Waals surface area contributed by atoms with Gasteiger partial charge in [0, 0.05) is 6.54 Å². The van der Waals surface area contributed by atoms with E-state index in [1.165, 1.54) is 0 Å². The Labute approximate surface area is 127 Å². The van der Waals surface area contributed by atoms with Gasteiger partial charge in [0.05, 0.1) is 12.6 Å². The fourth-order valence-electron chi connectivity index (χ4n) is 2.42. The number of hydrogen-bond acceptors (Lipinski definition) is 4. The van der Waals surface area contributed by atoms with E-state index in [0.29, 0.717) is 12.5 Å². The number of hydrogen-bond donors (Lipinski definition) is 3. The Morgan fingerprint density at radius 2 is 1.86 bits per heavy atom. The highest BCUT2D eigenvalue weighted by atomic mass is 16.2. The number of carbonyl (C=O) groups excluding carboxylic acids is 2. The second-order valence-corrected chi connectivity index (χ2v) is 6.17. The zero-order valence-electron chi connectivity index (χ0n) is 13.5. The normalized spacial score (nSPS) is 18.5. The highest BCUT2D eigenvalue weighted by Crippen LogP contribution is 2.15. The zero-order valence-corrected chi connectivity index (χ0v) is 13.5. The molecule has 1 atom stereocenters. The number of rotatable bonds is 7. The van der Waals surface area contributed by atoms with Crippen LogP contribution in [0.25, 0.3) is 0 Å². The highest BCUT2D eigenvalue weighted by Gasteiger charge is 2.20. The Bertz CT molecular complexity index is 339. The molecule has 4 N–H and O–H groups in total. The van der Waals surface area contributed by atoms with Crippen molar-refractivity contribution in [3.63, 3.8) is 0 Å². The molecule has 1 aliphatic rings. The molecule has 0 unspecified atom stereocenters. The van der Waals surface area contributed by atoms with Gasteiger partial charge >= 0.3 is 0 Å². The Morgan fingerprint density at radius 3 is 2.38 bits per heavy atom. The highest BCUT2D eigenvalue weighted by molar-refractivity contribution is 5.87. The van der Waals surface area contributed by atoms with Crippen LogP contribution in [0.4, 0.5) is 0 Å². The molecule has 21 heavy (non-hydrogen) atoms. The average molecular weight is 298 g/mol. The van der Waals surface area contributed by atoms with Crippen LogP contribution in [0.2, 0.25) is 0 Å². The standard InChI is InChI=1S/C15H30N4O2/c1-4-19-7-5-12(6-8-19)9-17-13(20)10-18-15(21)14(16)11(2)3/h11-12,14H,4-10,16H2,1-3H3,(H,17,20)(H,18,21)/t14-/m0/s1. The molecule has 6 nitrogen and oxygen atoms in total.